The van der Waals surface area contributed by atoms with E-state index >= 15 is 0 Å². The third kappa shape index (κ3) is 4.30. The van der Waals surface area contributed by atoms with Gasteiger partial charge < -0.3 is 9.47 Å². The summed E-state index contributed by atoms with van der Waals surface area (Å²) in [6.07, 6.45) is 4.40. The molecule has 120 valence electrons. The number of ether oxygens (including phenoxy) is 2. The number of aromatic nitrogens is 2. The predicted octanol–water partition coefficient (Wildman–Crippen LogP) is 4.18. The Morgan fingerprint density at radius 3 is 2.08 bits per heavy atom. The molecular weight excluding hydrogens is 328 g/mol. The molecule has 0 spiro atoms. The second-order valence-electron chi connectivity index (χ2n) is 4.87. The van der Waals surface area contributed by atoms with Gasteiger partial charge in [-0.15, -0.1) is 0 Å². The Balaban J connectivity index is 1.59. The average Bonchev–Trinajstić information content (AvgIpc) is 2.63. The van der Waals surface area contributed by atoms with Gasteiger partial charge in [0.1, 0.15) is 17.8 Å². The van der Waals surface area contributed by atoms with E-state index in [2.05, 4.69) is 9.97 Å². The summed E-state index contributed by atoms with van der Waals surface area (Å²) in [4.78, 5) is 19.7. The zero-order chi connectivity index (χ0) is 16.8. The number of ketones is 1. The second kappa shape index (κ2) is 7.57. The third-order valence-electron chi connectivity index (χ3n) is 3.13. The third-order valence-corrected chi connectivity index (χ3v) is 3.38. The van der Waals surface area contributed by atoms with E-state index < -0.39 is 0 Å². The zero-order valence-corrected chi connectivity index (χ0v) is 13.3. The lowest BCUT2D eigenvalue weighted by Crippen LogP contribution is -2.11. The Morgan fingerprint density at radius 1 is 0.875 bits per heavy atom. The minimum Gasteiger partial charge on any atom is -0.482 e. The van der Waals surface area contributed by atoms with Gasteiger partial charge in [0.25, 0.3) is 0 Å². The molecule has 0 aliphatic carbocycles. The number of benzene rings is 2. The van der Waals surface area contributed by atoms with E-state index in [1.54, 1.807) is 48.5 Å². The van der Waals surface area contributed by atoms with Crippen molar-refractivity contribution < 1.29 is 14.3 Å². The van der Waals surface area contributed by atoms with E-state index in [1.165, 1.54) is 18.7 Å². The number of nitrogens with zero attached hydrogens (tertiary/aromatic N) is 2. The van der Waals surface area contributed by atoms with Crippen LogP contribution in [0.25, 0.3) is 0 Å². The van der Waals surface area contributed by atoms with Crippen molar-refractivity contribution in [3.8, 4) is 17.2 Å². The fourth-order valence-electron chi connectivity index (χ4n) is 1.94. The molecule has 0 fully saturated rings. The SMILES string of the molecule is O=C(COc1cncnc1)c1ccc(Oc2ccc(Cl)cc2)cc1. The van der Waals surface area contributed by atoms with Crippen LogP contribution < -0.4 is 9.47 Å². The van der Waals surface area contributed by atoms with Gasteiger partial charge in [-0.25, -0.2) is 9.97 Å². The standard InChI is InChI=1S/C18H13ClN2O3/c19-14-3-7-16(8-4-14)24-15-5-1-13(2-6-15)18(22)11-23-17-9-20-12-21-10-17/h1-10,12H,11H2. The van der Waals surface area contributed by atoms with Crippen LogP contribution >= 0.6 is 11.6 Å². The second-order valence-corrected chi connectivity index (χ2v) is 5.30. The first-order chi connectivity index (χ1) is 11.7. The highest BCUT2D eigenvalue weighted by Gasteiger charge is 2.08. The van der Waals surface area contributed by atoms with Gasteiger partial charge in [0.05, 0.1) is 12.4 Å². The number of carbonyl (C=O) groups excluding carboxylic acids is 1. The summed E-state index contributed by atoms with van der Waals surface area (Å²) in [5.41, 5.74) is 0.537. The predicted molar refractivity (Wildman–Crippen MR) is 89.8 cm³/mol. The molecule has 0 saturated carbocycles. The van der Waals surface area contributed by atoms with Gasteiger partial charge in [-0.3, -0.25) is 4.79 Å². The van der Waals surface area contributed by atoms with Crippen LogP contribution in [0.3, 0.4) is 0 Å². The molecule has 5 nitrogen and oxygen atoms in total. The highest BCUT2D eigenvalue weighted by Crippen LogP contribution is 2.23. The molecule has 3 aromatic rings. The molecule has 6 heteroatoms. The summed E-state index contributed by atoms with van der Waals surface area (Å²) in [6, 6.07) is 13.9. The fourth-order valence-corrected chi connectivity index (χ4v) is 2.07. The maximum Gasteiger partial charge on any atom is 0.200 e. The first-order valence-electron chi connectivity index (χ1n) is 7.15. The summed E-state index contributed by atoms with van der Waals surface area (Å²) in [7, 11) is 0. The van der Waals surface area contributed by atoms with Crippen LogP contribution in [0, 0.1) is 0 Å². The molecule has 1 heterocycles. The number of hydrogen-bond donors (Lipinski definition) is 0. The Bertz CT molecular complexity index is 806. The number of carbonyl (C=O) groups is 1. The van der Waals surface area contributed by atoms with Gasteiger partial charge in [-0.1, -0.05) is 11.6 Å². The molecule has 0 radical (unpaired) electrons. The zero-order valence-electron chi connectivity index (χ0n) is 12.6. The number of Topliss-reactive ketones (excluding diaryl/α,β-unsaturated/α-hetero) is 1. The van der Waals surface area contributed by atoms with Crippen LogP contribution in [-0.4, -0.2) is 22.4 Å². The molecule has 0 N–H and O–H groups in total. The molecule has 1 aromatic heterocycles. The van der Waals surface area contributed by atoms with Crippen molar-refractivity contribution in [2.75, 3.05) is 6.61 Å². The van der Waals surface area contributed by atoms with Crippen LogP contribution in [0.4, 0.5) is 0 Å². The molecule has 3 rings (SSSR count). The maximum absolute atomic E-state index is 12.1. The van der Waals surface area contributed by atoms with Crippen LogP contribution in [0.2, 0.25) is 5.02 Å². The molecule has 0 amide bonds. The van der Waals surface area contributed by atoms with Crippen molar-refractivity contribution >= 4 is 17.4 Å². The maximum atomic E-state index is 12.1. The van der Waals surface area contributed by atoms with E-state index in [1.807, 2.05) is 0 Å². The monoisotopic (exact) mass is 340 g/mol. The Kier molecular flexibility index (Phi) is 5.03. The lowest BCUT2D eigenvalue weighted by atomic mass is 10.1. The summed E-state index contributed by atoms with van der Waals surface area (Å²) in [5, 5.41) is 0.645. The summed E-state index contributed by atoms with van der Waals surface area (Å²) in [6.45, 7) is -0.0786. The smallest absolute Gasteiger partial charge is 0.200 e. The minimum atomic E-state index is -0.142. The highest BCUT2D eigenvalue weighted by atomic mass is 35.5. The van der Waals surface area contributed by atoms with Crippen LogP contribution in [0.1, 0.15) is 10.4 Å². The fraction of sp³-hybridized carbons (Fsp3) is 0.0556. The van der Waals surface area contributed by atoms with Crippen LogP contribution in [0.5, 0.6) is 17.2 Å². The van der Waals surface area contributed by atoms with E-state index in [9.17, 15) is 4.79 Å². The van der Waals surface area contributed by atoms with E-state index in [0.717, 1.165) is 0 Å². The van der Waals surface area contributed by atoms with Gasteiger partial charge in [-0.2, -0.15) is 0 Å². The molecule has 0 aliphatic rings. The number of rotatable bonds is 6. The summed E-state index contributed by atoms with van der Waals surface area (Å²) in [5.74, 6) is 1.61. The van der Waals surface area contributed by atoms with Gasteiger partial charge in [0, 0.05) is 10.6 Å². The quantitative estimate of drug-likeness (QED) is 0.630. The summed E-state index contributed by atoms with van der Waals surface area (Å²) < 4.78 is 11.0. The molecule has 0 aliphatic heterocycles. The Labute approximate surface area is 143 Å². The van der Waals surface area contributed by atoms with Crippen molar-refractivity contribution in [1.82, 2.24) is 9.97 Å². The number of halogens is 1. The summed E-state index contributed by atoms with van der Waals surface area (Å²) >= 11 is 5.83. The van der Waals surface area contributed by atoms with Crippen molar-refractivity contribution in [2.24, 2.45) is 0 Å². The molecule has 2 aromatic carbocycles. The Hall–Kier alpha value is -2.92. The van der Waals surface area contributed by atoms with Crippen molar-refractivity contribution in [1.29, 1.82) is 0 Å². The molecule has 0 unspecified atom stereocenters. The van der Waals surface area contributed by atoms with Crippen molar-refractivity contribution in [3.05, 3.63) is 77.8 Å². The lowest BCUT2D eigenvalue weighted by molar-refractivity contribution is 0.0921. The van der Waals surface area contributed by atoms with Gasteiger partial charge in [0.15, 0.2) is 18.1 Å². The Morgan fingerprint density at radius 2 is 1.46 bits per heavy atom. The number of hydrogen-bond acceptors (Lipinski definition) is 5. The molecular formula is C18H13ClN2O3. The first kappa shape index (κ1) is 16.0. The van der Waals surface area contributed by atoms with E-state index in [0.29, 0.717) is 27.8 Å². The molecule has 0 saturated heterocycles. The van der Waals surface area contributed by atoms with Gasteiger partial charge in [-0.05, 0) is 48.5 Å². The van der Waals surface area contributed by atoms with Gasteiger partial charge in [0.2, 0.25) is 0 Å². The van der Waals surface area contributed by atoms with Crippen LogP contribution in [-0.2, 0) is 0 Å². The van der Waals surface area contributed by atoms with Crippen LogP contribution in [0.15, 0.2) is 67.3 Å². The normalized spacial score (nSPS) is 10.2. The first-order valence-corrected chi connectivity index (χ1v) is 7.53. The molecule has 24 heavy (non-hydrogen) atoms. The lowest BCUT2D eigenvalue weighted by Gasteiger charge is -2.07. The largest absolute Gasteiger partial charge is 0.482 e. The average molecular weight is 341 g/mol. The highest BCUT2D eigenvalue weighted by molar-refractivity contribution is 6.30. The van der Waals surface area contributed by atoms with Gasteiger partial charge >= 0.3 is 0 Å². The van der Waals surface area contributed by atoms with E-state index in [4.69, 9.17) is 21.1 Å². The molecule has 0 atom stereocenters. The molecule has 0 bridgehead atoms. The van der Waals surface area contributed by atoms with E-state index in [-0.39, 0.29) is 12.4 Å². The van der Waals surface area contributed by atoms with Crippen molar-refractivity contribution in [2.45, 2.75) is 0 Å². The topological polar surface area (TPSA) is 61.3 Å². The van der Waals surface area contributed by atoms with Crippen molar-refractivity contribution in [3.63, 3.8) is 0 Å². The minimum absolute atomic E-state index is 0.0786.